The van der Waals surface area contributed by atoms with Crippen LogP contribution in [0.1, 0.15) is 55.7 Å². The minimum atomic E-state index is -0.445. The van der Waals surface area contributed by atoms with Gasteiger partial charge in [0.2, 0.25) is 0 Å². The molecule has 0 radical (unpaired) electrons. The second-order valence-corrected chi connectivity index (χ2v) is 7.13. The molecular formula is C18H26N4O3. The van der Waals surface area contributed by atoms with Crippen molar-refractivity contribution in [2.75, 3.05) is 19.6 Å². The highest BCUT2D eigenvalue weighted by atomic mass is 16.6. The highest BCUT2D eigenvalue weighted by Crippen LogP contribution is 2.35. The minimum absolute atomic E-state index is 0.0598. The molecule has 136 valence electrons. The quantitative estimate of drug-likeness (QED) is 0.837. The van der Waals surface area contributed by atoms with E-state index >= 15 is 0 Å². The first-order chi connectivity index (χ1) is 11.9. The van der Waals surface area contributed by atoms with E-state index in [1.165, 1.54) is 0 Å². The smallest absolute Gasteiger partial charge is 0.410 e. The van der Waals surface area contributed by atoms with Crippen molar-refractivity contribution in [1.82, 2.24) is 19.8 Å². The highest BCUT2D eigenvalue weighted by Gasteiger charge is 2.48. The zero-order valence-corrected chi connectivity index (χ0v) is 15.2. The molecule has 1 unspecified atom stereocenters. The number of likely N-dealkylation sites (tertiary alicyclic amines) is 1. The molecule has 3 rings (SSSR count). The van der Waals surface area contributed by atoms with E-state index in [-0.39, 0.29) is 18.0 Å². The average molecular weight is 346 g/mol. The summed E-state index contributed by atoms with van der Waals surface area (Å²) in [5, 5.41) is 0. The maximum absolute atomic E-state index is 12.6. The number of amides is 2. The molecule has 0 aromatic carbocycles. The lowest BCUT2D eigenvalue weighted by Crippen LogP contribution is -2.49. The Labute approximate surface area is 148 Å². The Hall–Kier alpha value is -2.18. The van der Waals surface area contributed by atoms with Crippen LogP contribution in [0.5, 0.6) is 0 Å². The first-order valence-corrected chi connectivity index (χ1v) is 9.01. The summed E-state index contributed by atoms with van der Waals surface area (Å²) in [6, 6.07) is 0.196. The molecular weight excluding hydrogens is 320 g/mol. The molecule has 1 spiro atoms. The van der Waals surface area contributed by atoms with Crippen LogP contribution >= 0.6 is 0 Å². The van der Waals surface area contributed by atoms with Crippen LogP contribution in [0.3, 0.4) is 0 Å². The molecule has 1 atom stereocenters. The molecule has 25 heavy (non-hydrogen) atoms. The summed E-state index contributed by atoms with van der Waals surface area (Å²) in [6.07, 6.45) is 6.28. The fraction of sp³-hybridized carbons (Fsp3) is 0.667. The lowest BCUT2D eigenvalue weighted by atomic mass is 9.90. The molecule has 2 aliphatic heterocycles. The predicted octanol–water partition coefficient (Wildman–Crippen LogP) is 2.40. The second-order valence-electron chi connectivity index (χ2n) is 7.13. The van der Waals surface area contributed by atoms with E-state index in [1.807, 2.05) is 4.90 Å². The van der Waals surface area contributed by atoms with Gasteiger partial charge in [0.1, 0.15) is 11.4 Å². The van der Waals surface area contributed by atoms with Crippen LogP contribution in [0.2, 0.25) is 0 Å². The number of carbonyl (C=O) groups is 2. The van der Waals surface area contributed by atoms with E-state index in [9.17, 15) is 9.59 Å². The summed E-state index contributed by atoms with van der Waals surface area (Å²) < 4.78 is 5.74. The van der Waals surface area contributed by atoms with Crippen molar-refractivity contribution < 1.29 is 14.3 Å². The molecule has 0 bridgehead atoms. The monoisotopic (exact) mass is 346 g/mol. The largest absolute Gasteiger partial charge is 0.441 e. The molecule has 0 aliphatic carbocycles. The van der Waals surface area contributed by atoms with E-state index in [2.05, 4.69) is 23.8 Å². The first-order valence-electron chi connectivity index (χ1n) is 9.01. The lowest BCUT2D eigenvalue weighted by Gasteiger charge is -2.37. The minimum Gasteiger partial charge on any atom is -0.441 e. The Morgan fingerprint density at radius 3 is 2.56 bits per heavy atom. The number of aryl methyl sites for hydroxylation is 1. The number of hydrogen-bond donors (Lipinski definition) is 0. The summed E-state index contributed by atoms with van der Waals surface area (Å²) in [5.41, 5.74) is 0.0581. The maximum atomic E-state index is 12.6. The van der Waals surface area contributed by atoms with Gasteiger partial charge in [-0.05, 0) is 20.3 Å². The first kappa shape index (κ1) is 17.6. The normalized spacial score (nSPS) is 20.7. The Bertz CT molecular complexity index is 638. The summed E-state index contributed by atoms with van der Waals surface area (Å²) >= 11 is 0. The Kier molecular flexibility index (Phi) is 4.92. The third-order valence-electron chi connectivity index (χ3n) is 5.23. The molecule has 7 nitrogen and oxygen atoms in total. The summed E-state index contributed by atoms with van der Waals surface area (Å²) in [5.74, 6) is 0.587. The van der Waals surface area contributed by atoms with Crippen molar-refractivity contribution in [2.24, 2.45) is 0 Å². The molecule has 2 amide bonds. The number of ether oxygens (including phenoxy) is 1. The lowest BCUT2D eigenvalue weighted by molar-refractivity contribution is 0.00304. The molecule has 1 aromatic rings. The number of nitrogens with zero attached hydrogens (tertiary/aromatic N) is 4. The Balaban J connectivity index is 1.61. The van der Waals surface area contributed by atoms with E-state index < -0.39 is 5.60 Å². The standard InChI is InChI=1S/C18H26N4O3/c1-4-5-13(2)22-12-18(25-17(22)24)6-8-21(9-7-18)16(23)15-10-19-14(3)20-11-15/h10-11,13H,4-9,12H2,1-3H3. The number of aromatic nitrogens is 2. The molecule has 2 aliphatic rings. The number of piperidine rings is 1. The third kappa shape index (κ3) is 3.60. The summed E-state index contributed by atoms with van der Waals surface area (Å²) in [7, 11) is 0. The third-order valence-corrected chi connectivity index (χ3v) is 5.23. The number of hydrogen-bond acceptors (Lipinski definition) is 5. The van der Waals surface area contributed by atoms with Crippen molar-refractivity contribution in [1.29, 1.82) is 0 Å². The zero-order chi connectivity index (χ0) is 18.0. The van der Waals surface area contributed by atoms with Crippen LogP contribution in [0.15, 0.2) is 12.4 Å². The van der Waals surface area contributed by atoms with E-state index in [4.69, 9.17) is 4.74 Å². The van der Waals surface area contributed by atoms with E-state index in [1.54, 1.807) is 24.2 Å². The van der Waals surface area contributed by atoms with Gasteiger partial charge in [0.05, 0.1) is 12.1 Å². The van der Waals surface area contributed by atoms with E-state index in [0.717, 1.165) is 12.8 Å². The molecule has 7 heteroatoms. The van der Waals surface area contributed by atoms with Crippen molar-refractivity contribution >= 4 is 12.0 Å². The Morgan fingerprint density at radius 2 is 1.96 bits per heavy atom. The molecule has 3 heterocycles. The second kappa shape index (κ2) is 6.98. The topological polar surface area (TPSA) is 75.6 Å². The van der Waals surface area contributed by atoms with Gasteiger partial charge in [-0.25, -0.2) is 14.8 Å². The van der Waals surface area contributed by atoms with Gasteiger partial charge in [-0.2, -0.15) is 0 Å². The van der Waals surface area contributed by atoms with Crippen LogP contribution in [0.25, 0.3) is 0 Å². The van der Waals surface area contributed by atoms with Crippen LogP contribution in [0, 0.1) is 6.92 Å². The van der Waals surface area contributed by atoms with Gasteiger partial charge in [-0.3, -0.25) is 4.79 Å². The average Bonchev–Trinajstić information content (AvgIpc) is 2.92. The van der Waals surface area contributed by atoms with Gasteiger partial charge in [0.25, 0.3) is 5.91 Å². The fourth-order valence-corrected chi connectivity index (χ4v) is 3.62. The van der Waals surface area contributed by atoms with Crippen LogP contribution < -0.4 is 0 Å². The van der Waals surface area contributed by atoms with Crippen LogP contribution in [-0.2, 0) is 4.74 Å². The van der Waals surface area contributed by atoms with Crippen molar-refractivity contribution in [3.8, 4) is 0 Å². The van der Waals surface area contributed by atoms with Crippen molar-refractivity contribution in [3.63, 3.8) is 0 Å². The van der Waals surface area contributed by atoms with Gasteiger partial charge in [0.15, 0.2) is 0 Å². The predicted molar refractivity (Wildman–Crippen MR) is 92.2 cm³/mol. The van der Waals surface area contributed by atoms with E-state index in [0.29, 0.717) is 43.9 Å². The summed E-state index contributed by atoms with van der Waals surface area (Å²) in [6.45, 7) is 7.76. The maximum Gasteiger partial charge on any atom is 0.410 e. The summed E-state index contributed by atoms with van der Waals surface area (Å²) in [4.78, 5) is 36.6. The fourth-order valence-electron chi connectivity index (χ4n) is 3.62. The zero-order valence-electron chi connectivity index (χ0n) is 15.2. The number of rotatable bonds is 4. The van der Waals surface area contributed by atoms with Gasteiger partial charge < -0.3 is 14.5 Å². The van der Waals surface area contributed by atoms with Crippen molar-refractivity contribution in [3.05, 3.63) is 23.8 Å². The van der Waals surface area contributed by atoms with Gasteiger partial charge in [-0.15, -0.1) is 0 Å². The van der Waals surface area contributed by atoms with Crippen LogP contribution in [-0.4, -0.2) is 63.0 Å². The van der Waals surface area contributed by atoms with Crippen molar-refractivity contribution in [2.45, 2.75) is 58.1 Å². The molecule has 2 fully saturated rings. The molecule has 0 N–H and O–H groups in total. The SMILES string of the molecule is CCCC(C)N1CC2(CCN(C(=O)c3cnc(C)nc3)CC2)OC1=O. The molecule has 0 saturated carbocycles. The van der Waals surface area contributed by atoms with Gasteiger partial charge in [-0.1, -0.05) is 13.3 Å². The molecule has 2 saturated heterocycles. The van der Waals surface area contributed by atoms with Gasteiger partial charge in [0, 0.05) is 44.4 Å². The Morgan fingerprint density at radius 1 is 1.32 bits per heavy atom. The van der Waals surface area contributed by atoms with Crippen LogP contribution in [0.4, 0.5) is 4.79 Å². The molecule has 1 aromatic heterocycles. The number of carbonyl (C=O) groups excluding carboxylic acids is 2. The van der Waals surface area contributed by atoms with Gasteiger partial charge >= 0.3 is 6.09 Å². The highest BCUT2D eigenvalue weighted by molar-refractivity contribution is 5.93.